The maximum absolute atomic E-state index is 12.6. The predicted molar refractivity (Wildman–Crippen MR) is 119 cm³/mol. The molecule has 5 nitrogen and oxygen atoms in total. The van der Waals surface area contributed by atoms with Crippen LogP contribution in [-0.4, -0.2) is 43.2 Å². The highest BCUT2D eigenvalue weighted by Crippen LogP contribution is 2.25. The van der Waals surface area contributed by atoms with Crippen LogP contribution in [0.3, 0.4) is 0 Å². The first kappa shape index (κ1) is 20.9. The standard InChI is InChI=1S/C25H32N2O3/c28-25(13-12-20-6-5-10-23(18-20)30-22-8-2-3-9-22)26-24-11-4-1-7-21(24)19-27-14-16-29-17-15-27/h1,4-7,10-11,18,22H,2-3,8-9,12-17,19H2,(H,26,28). The van der Waals surface area contributed by atoms with Gasteiger partial charge in [0, 0.05) is 31.7 Å². The van der Waals surface area contributed by atoms with Crippen LogP contribution in [-0.2, 0) is 22.5 Å². The number of carbonyl (C=O) groups excluding carboxylic acids is 1. The number of nitrogens with zero attached hydrogens (tertiary/aromatic N) is 1. The van der Waals surface area contributed by atoms with Crippen molar-refractivity contribution in [3.05, 3.63) is 59.7 Å². The molecule has 0 bridgehead atoms. The molecule has 2 aromatic carbocycles. The molecule has 0 radical (unpaired) electrons. The van der Waals surface area contributed by atoms with Crippen LogP contribution in [0.15, 0.2) is 48.5 Å². The van der Waals surface area contributed by atoms with E-state index in [1.54, 1.807) is 0 Å². The van der Waals surface area contributed by atoms with Crippen LogP contribution >= 0.6 is 0 Å². The number of hydrogen-bond donors (Lipinski definition) is 1. The van der Waals surface area contributed by atoms with Crippen molar-refractivity contribution in [1.82, 2.24) is 4.90 Å². The van der Waals surface area contributed by atoms with Crippen molar-refractivity contribution in [3.8, 4) is 5.75 Å². The van der Waals surface area contributed by atoms with Crippen molar-refractivity contribution < 1.29 is 14.3 Å². The molecule has 2 fully saturated rings. The Morgan fingerprint density at radius 3 is 2.70 bits per heavy atom. The lowest BCUT2D eigenvalue weighted by Crippen LogP contribution is -2.35. The summed E-state index contributed by atoms with van der Waals surface area (Å²) < 4.78 is 11.5. The van der Waals surface area contributed by atoms with E-state index in [1.165, 1.54) is 12.8 Å². The topological polar surface area (TPSA) is 50.8 Å². The van der Waals surface area contributed by atoms with Gasteiger partial charge >= 0.3 is 0 Å². The number of nitrogens with one attached hydrogen (secondary N) is 1. The first-order chi connectivity index (χ1) is 14.8. The molecule has 160 valence electrons. The minimum atomic E-state index is 0.0477. The van der Waals surface area contributed by atoms with E-state index in [4.69, 9.17) is 9.47 Å². The van der Waals surface area contributed by atoms with Crippen LogP contribution in [0.2, 0.25) is 0 Å². The molecule has 1 amide bonds. The van der Waals surface area contributed by atoms with Crippen molar-refractivity contribution in [2.24, 2.45) is 0 Å². The van der Waals surface area contributed by atoms with Gasteiger partial charge in [-0.1, -0.05) is 30.3 Å². The molecule has 1 saturated heterocycles. The predicted octanol–water partition coefficient (Wildman–Crippen LogP) is 4.41. The Labute approximate surface area is 179 Å². The summed E-state index contributed by atoms with van der Waals surface area (Å²) in [7, 11) is 0. The first-order valence-electron chi connectivity index (χ1n) is 11.2. The Bertz CT molecular complexity index is 827. The van der Waals surface area contributed by atoms with E-state index < -0.39 is 0 Å². The van der Waals surface area contributed by atoms with E-state index in [9.17, 15) is 4.79 Å². The van der Waals surface area contributed by atoms with Gasteiger partial charge in [-0.3, -0.25) is 9.69 Å². The highest BCUT2D eigenvalue weighted by atomic mass is 16.5. The zero-order chi connectivity index (χ0) is 20.6. The zero-order valence-corrected chi connectivity index (χ0v) is 17.6. The van der Waals surface area contributed by atoms with Gasteiger partial charge in [0.1, 0.15) is 5.75 Å². The van der Waals surface area contributed by atoms with Crippen LogP contribution in [0.5, 0.6) is 5.75 Å². The Hall–Kier alpha value is -2.37. The molecule has 2 aromatic rings. The third-order valence-electron chi connectivity index (χ3n) is 5.93. The van der Waals surface area contributed by atoms with E-state index >= 15 is 0 Å². The van der Waals surface area contributed by atoms with Crippen molar-refractivity contribution in [2.75, 3.05) is 31.6 Å². The number of morpholine rings is 1. The van der Waals surface area contributed by atoms with Gasteiger partial charge in [0.25, 0.3) is 0 Å². The summed E-state index contributed by atoms with van der Waals surface area (Å²) in [6, 6.07) is 16.3. The highest BCUT2D eigenvalue weighted by molar-refractivity contribution is 5.91. The number of anilines is 1. The monoisotopic (exact) mass is 408 g/mol. The van der Waals surface area contributed by atoms with Gasteiger partial charge < -0.3 is 14.8 Å². The molecule has 5 heteroatoms. The Balaban J connectivity index is 1.30. The molecule has 1 aliphatic carbocycles. The Morgan fingerprint density at radius 2 is 1.87 bits per heavy atom. The molecule has 30 heavy (non-hydrogen) atoms. The van der Waals surface area contributed by atoms with Gasteiger partial charge in [0.15, 0.2) is 0 Å². The molecule has 2 aliphatic rings. The van der Waals surface area contributed by atoms with E-state index in [1.807, 2.05) is 30.3 Å². The quantitative estimate of drug-likeness (QED) is 0.703. The van der Waals surface area contributed by atoms with Crippen LogP contribution in [0.25, 0.3) is 0 Å². The number of hydrogen-bond acceptors (Lipinski definition) is 4. The molecule has 1 heterocycles. The maximum Gasteiger partial charge on any atom is 0.224 e. The van der Waals surface area contributed by atoms with Crippen LogP contribution in [0.4, 0.5) is 5.69 Å². The lowest BCUT2D eigenvalue weighted by atomic mass is 10.1. The third-order valence-corrected chi connectivity index (χ3v) is 5.93. The summed E-state index contributed by atoms with van der Waals surface area (Å²) in [4.78, 5) is 15.0. The van der Waals surface area contributed by atoms with Crippen molar-refractivity contribution in [1.29, 1.82) is 0 Å². The second-order valence-electron chi connectivity index (χ2n) is 8.27. The van der Waals surface area contributed by atoms with Gasteiger partial charge in [-0.15, -0.1) is 0 Å². The summed E-state index contributed by atoms with van der Waals surface area (Å²) in [5, 5.41) is 3.12. The number of benzene rings is 2. The highest BCUT2D eigenvalue weighted by Gasteiger charge is 2.17. The van der Waals surface area contributed by atoms with E-state index in [-0.39, 0.29) is 5.91 Å². The molecule has 1 saturated carbocycles. The summed E-state index contributed by atoms with van der Waals surface area (Å²) in [6.45, 7) is 4.25. The van der Waals surface area contributed by atoms with Crippen molar-refractivity contribution in [3.63, 3.8) is 0 Å². The third kappa shape index (κ3) is 6.07. The fourth-order valence-electron chi connectivity index (χ4n) is 4.22. The number of aryl methyl sites for hydroxylation is 1. The molecular formula is C25H32N2O3. The van der Waals surface area contributed by atoms with Crippen LogP contribution in [0, 0.1) is 0 Å². The summed E-state index contributed by atoms with van der Waals surface area (Å²) in [5.74, 6) is 0.974. The number of rotatable bonds is 8. The molecule has 1 N–H and O–H groups in total. The van der Waals surface area contributed by atoms with Gasteiger partial charge in [-0.05, 0) is 61.4 Å². The molecule has 0 spiro atoms. The lowest BCUT2D eigenvalue weighted by molar-refractivity contribution is -0.116. The Morgan fingerprint density at radius 1 is 1.07 bits per heavy atom. The van der Waals surface area contributed by atoms with Gasteiger partial charge in [0.05, 0.1) is 19.3 Å². The summed E-state index contributed by atoms with van der Waals surface area (Å²) >= 11 is 0. The van der Waals surface area contributed by atoms with E-state index in [0.29, 0.717) is 18.9 Å². The fourth-order valence-corrected chi connectivity index (χ4v) is 4.22. The summed E-state index contributed by atoms with van der Waals surface area (Å²) in [5.41, 5.74) is 3.20. The molecule has 4 rings (SSSR count). The number of para-hydroxylation sites is 1. The molecule has 1 aliphatic heterocycles. The smallest absolute Gasteiger partial charge is 0.224 e. The van der Waals surface area contributed by atoms with Crippen molar-refractivity contribution in [2.45, 2.75) is 51.2 Å². The van der Waals surface area contributed by atoms with Gasteiger partial charge in [-0.2, -0.15) is 0 Å². The molecule has 0 atom stereocenters. The maximum atomic E-state index is 12.6. The second-order valence-corrected chi connectivity index (χ2v) is 8.27. The SMILES string of the molecule is O=C(CCc1cccc(OC2CCCC2)c1)Nc1ccccc1CN1CCOCC1. The minimum Gasteiger partial charge on any atom is -0.490 e. The summed E-state index contributed by atoms with van der Waals surface area (Å²) in [6.07, 6.45) is 6.34. The van der Waals surface area contributed by atoms with Crippen LogP contribution < -0.4 is 10.1 Å². The molecular weight excluding hydrogens is 376 g/mol. The Kier molecular flexibility index (Phi) is 7.38. The second kappa shape index (κ2) is 10.6. The molecule has 0 unspecified atom stereocenters. The zero-order valence-electron chi connectivity index (χ0n) is 17.6. The first-order valence-corrected chi connectivity index (χ1v) is 11.2. The van der Waals surface area contributed by atoms with Gasteiger partial charge in [-0.25, -0.2) is 0 Å². The van der Waals surface area contributed by atoms with Crippen molar-refractivity contribution >= 4 is 11.6 Å². The molecule has 0 aromatic heterocycles. The lowest BCUT2D eigenvalue weighted by Gasteiger charge is -2.27. The average molecular weight is 409 g/mol. The normalized spacial score (nSPS) is 17.7. The number of carbonyl (C=O) groups is 1. The van der Waals surface area contributed by atoms with E-state index in [0.717, 1.165) is 68.3 Å². The largest absolute Gasteiger partial charge is 0.490 e. The number of ether oxygens (including phenoxy) is 2. The van der Waals surface area contributed by atoms with Crippen LogP contribution in [0.1, 0.15) is 43.2 Å². The van der Waals surface area contributed by atoms with E-state index in [2.05, 4.69) is 28.4 Å². The van der Waals surface area contributed by atoms with Gasteiger partial charge in [0.2, 0.25) is 5.91 Å². The minimum absolute atomic E-state index is 0.0477. The number of amides is 1. The fraction of sp³-hybridized carbons (Fsp3) is 0.480. The average Bonchev–Trinajstić information content (AvgIpc) is 3.28.